The standard InChI is InChI=1S/C14H11N3O/c15-14-8-16-13-7-10(3-6-12(13)17-14)9-1-4-11(18)5-2-9/h1-8,18H,(H2,15,17). The number of nitrogen functional groups attached to an aromatic ring is 1. The fraction of sp³-hybridized carbons (Fsp3) is 0. The van der Waals surface area contributed by atoms with E-state index >= 15 is 0 Å². The number of anilines is 1. The minimum atomic E-state index is 0.257. The third-order valence-electron chi connectivity index (χ3n) is 2.76. The summed E-state index contributed by atoms with van der Waals surface area (Å²) in [6.45, 7) is 0. The molecule has 4 nitrogen and oxygen atoms in total. The van der Waals surface area contributed by atoms with Crippen molar-refractivity contribution >= 4 is 16.9 Å². The van der Waals surface area contributed by atoms with Crippen molar-refractivity contribution in [3.63, 3.8) is 0 Å². The van der Waals surface area contributed by atoms with Gasteiger partial charge in [0.05, 0.1) is 17.2 Å². The molecule has 2 aromatic carbocycles. The van der Waals surface area contributed by atoms with E-state index in [4.69, 9.17) is 5.73 Å². The average molecular weight is 237 g/mol. The van der Waals surface area contributed by atoms with Crippen molar-refractivity contribution in [2.45, 2.75) is 0 Å². The lowest BCUT2D eigenvalue weighted by Crippen LogP contribution is -1.92. The average Bonchev–Trinajstić information content (AvgIpc) is 2.39. The van der Waals surface area contributed by atoms with E-state index in [9.17, 15) is 5.11 Å². The quantitative estimate of drug-likeness (QED) is 0.682. The maximum Gasteiger partial charge on any atom is 0.142 e. The Bertz CT molecular complexity index is 708. The normalized spacial score (nSPS) is 10.7. The topological polar surface area (TPSA) is 72.0 Å². The fourth-order valence-electron chi connectivity index (χ4n) is 1.86. The van der Waals surface area contributed by atoms with Crippen LogP contribution < -0.4 is 5.73 Å². The lowest BCUT2D eigenvalue weighted by molar-refractivity contribution is 0.475. The van der Waals surface area contributed by atoms with Gasteiger partial charge in [-0.1, -0.05) is 18.2 Å². The van der Waals surface area contributed by atoms with Crippen molar-refractivity contribution in [1.82, 2.24) is 9.97 Å². The summed E-state index contributed by atoms with van der Waals surface area (Å²) in [6, 6.07) is 12.8. The van der Waals surface area contributed by atoms with E-state index in [1.165, 1.54) is 0 Å². The fourth-order valence-corrected chi connectivity index (χ4v) is 1.86. The number of phenols is 1. The Labute approximate surface area is 104 Å². The third-order valence-corrected chi connectivity index (χ3v) is 2.76. The van der Waals surface area contributed by atoms with Crippen LogP contribution in [0, 0.1) is 0 Å². The van der Waals surface area contributed by atoms with E-state index in [-0.39, 0.29) is 5.75 Å². The highest BCUT2D eigenvalue weighted by molar-refractivity contribution is 5.82. The number of aromatic hydroxyl groups is 1. The van der Waals surface area contributed by atoms with Gasteiger partial charge >= 0.3 is 0 Å². The Hall–Kier alpha value is -2.62. The molecule has 3 N–H and O–H groups in total. The zero-order valence-corrected chi connectivity index (χ0v) is 9.54. The monoisotopic (exact) mass is 237 g/mol. The maximum absolute atomic E-state index is 9.27. The molecule has 0 atom stereocenters. The van der Waals surface area contributed by atoms with Crippen LogP contribution in [0.4, 0.5) is 5.82 Å². The second kappa shape index (κ2) is 4.00. The molecular formula is C14H11N3O. The molecule has 0 bridgehead atoms. The molecule has 0 aliphatic rings. The number of phenolic OH excluding ortho intramolecular Hbond substituents is 1. The Kier molecular flexibility index (Phi) is 2.34. The zero-order chi connectivity index (χ0) is 12.5. The summed E-state index contributed by atoms with van der Waals surface area (Å²) in [4.78, 5) is 8.45. The van der Waals surface area contributed by atoms with Gasteiger partial charge in [-0.05, 0) is 35.4 Å². The maximum atomic E-state index is 9.27. The SMILES string of the molecule is Nc1cnc2cc(-c3ccc(O)cc3)ccc2n1. The van der Waals surface area contributed by atoms with E-state index in [0.717, 1.165) is 22.2 Å². The molecule has 0 saturated heterocycles. The Morgan fingerprint density at radius 3 is 2.39 bits per heavy atom. The van der Waals surface area contributed by atoms with Crippen LogP contribution in [0.25, 0.3) is 22.2 Å². The smallest absolute Gasteiger partial charge is 0.142 e. The number of rotatable bonds is 1. The van der Waals surface area contributed by atoms with Crippen molar-refractivity contribution < 1.29 is 5.11 Å². The highest BCUT2D eigenvalue weighted by atomic mass is 16.3. The number of hydrogen-bond acceptors (Lipinski definition) is 4. The Morgan fingerprint density at radius 1 is 0.889 bits per heavy atom. The zero-order valence-electron chi connectivity index (χ0n) is 9.54. The van der Waals surface area contributed by atoms with Gasteiger partial charge in [0.2, 0.25) is 0 Å². The van der Waals surface area contributed by atoms with Crippen LogP contribution in [-0.2, 0) is 0 Å². The van der Waals surface area contributed by atoms with Crippen LogP contribution in [0.1, 0.15) is 0 Å². The van der Waals surface area contributed by atoms with Gasteiger partial charge < -0.3 is 10.8 Å². The molecule has 0 spiro atoms. The summed E-state index contributed by atoms with van der Waals surface area (Å²) in [5.74, 6) is 0.673. The van der Waals surface area contributed by atoms with Gasteiger partial charge in [-0.3, -0.25) is 4.98 Å². The van der Waals surface area contributed by atoms with Crippen molar-refractivity contribution in [2.24, 2.45) is 0 Å². The molecular weight excluding hydrogens is 226 g/mol. The van der Waals surface area contributed by atoms with Crippen molar-refractivity contribution in [2.75, 3.05) is 5.73 Å². The van der Waals surface area contributed by atoms with E-state index in [1.807, 2.05) is 30.3 Å². The van der Waals surface area contributed by atoms with Gasteiger partial charge in [0, 0.05) is 0 Å². The summed E-state index contributed by atoms with van der Waals surface area (Å²) in [6.07, 6.45) is 1.54. The Morgan fingerprint density at radius 2 is 1.61 bits per heavy atom. The number of benzene rings is 2. The molecule has 18 heavy (non-hydrogen) atoms. The number of aromatic nitrogens is 2. The summed E-state index contributed by atoms with van der Waals surface area (Å²) in [5, 5.41) is 9.27. The largest absolute Gasteiger partial charge is 0.508 e. The third kappa shape index (κ3) is 1.84. The van der Waals surface area contributed by atoms with Gasteiger partial charge in [-0.25, -0.2) is 4.98 Å². The van der Waals surface area contributed by atoms with Crippen LogP contribution in [0.2, 0.25) is 0 Å². The van der Waals surface area contributed by atoms with E-state index in [1.54, 1.807) is 18.3 Å². The first kappa shape index (κ1) is 10.5. The molecule has 1 aromatic heterocycles. The summed E-state index contributed by atoms with van der Waals surface area (Å²) < 4.78 is 0. The molecule has 3 aromatic rings. The summed E-state index contributed by atoms with van der Waals surface area (Å²) >= 11 is 0. The van der Waals surface area contributed by atoms with Crippen molar-refractivity contribution in [3.05, 3.63) is 48.7 Å². The van der Waals surface area contributed by atoms with Crippen LogP contribution >= 0.6 is 0 Å². The highest BCUT2D eigenvalue weighted by Gasteiger charge is 2.02. The first-order chi connectivity index (χ1) is 8.72. The number of nitrogens with zero attached hydrogens (tertiary/aromatic N) is 2. The van der Waals surface area contributed by atoms with Gasteiger partial charge in [0.25, 0.3) is 0 Å². The van der Waals surface area contributed by atoms with Gasteiger partial charge in [-0.15, -0.1) is 0 Å². The predicted octanol–water partition coefficient (Wildman–Crippen LogP) is 2.58. The molecule has 0 saturated carbocycles. The lowest BCUT2D eigenvalue weighted by atomic mass is 10.0. The molecule has 3 rings (SSSR count). The molecule has 88 valence electrons. The highest BCUT2D eigenvalue weighted by Crippen LogP contribution is 2.24. The summed E-state index contributed by atoms with van der Waals surface area (Å²) in [7, 11) is 0. The molecule has 0 fully saturated rings. The van der Waals surface area contributed by atoms with Gasteiger partial charge in [-0.2, -0.15) is 0 Å². The molecule has 0 unspecified atom stereocenters. The first-order valence-electron chi connectivity index (χ1n) is 5.54. The molecule has 4 heteroatoms. The lowest BCUT2D eigenvalue weighted by Gasteiger charge is -2.04. The van der Waals surface area contributed by atoms with Crippen LogP contribution in [0.3, 0.4) is 0 Å². The van der Waals surface area contributed by atoms with Crippen LogP contribution in [0.5, 0.6) is 5.75 Å². The predicted molar refractivity (Wildman–Crippen MR) is 71.1 cm³/mol. The van der Waals surface area contributed by atoms with E-state index < -0.39 is 0 Å². The molecule has 0 radical (unpaired) electrons. The number of fused-ring (bicyclic) bond motifs is 1. The second-order valence-electron chi connectivity index (χ2n) is 4.05. The van der Waals surface area contributed by atoms with E-state index in [2.05, 4.69) is 9.97 Å². The van der Waals surface area contributed by atoms with Gasteiger partial charge in [0.1, 0.15) is 11.6 Å². The molecule has 0 amide bonds. The van der Waals surface area contributed by atoms with Crippen LogP contribution in [-0.4, -0.2) is 15.1 Å². The van der Waals surface area contributed by atoms with E-state index in [0.29, 0.717) is 5.82 Å². The van der Waals surface area contributed by atoms with Gasteiger partial charge in [0.15, 0.2) is 0 Å². The molecule has 0 aliphatic heterocycles. The number of hydrogen-bond donors (Lipinski definition) is 2. The second-order valence-corrected chi connectivity index (χ2v) is 4.05. The molecule has 0 aliphatic carbocycles. The Balaban J connectivity index is 2.13. The minimum absolute atomic E-state index is 0.257. The summed E-state index contributed by atoms with van der Waals surface area (Å²) in [5.41, 5.74) is 9.22. The van der Waals surface area contributed by atoms with Crippen molar-refractivity contribution in [3.8, 4) is 16.9 Å². The van der Waals surface area contributed by atoms with Crippen molar-refractivity contribution in [1.29, 1.82) is 0 Å². The van der Waals surface area contributed by atoms with Crippen LogP contribution in [0.15, 0.2) is 48.7 Å². The number of nitrogens with two attached hydrogens (primary N) is 1. The first-order valence-corrected chi connectivity index (χ1v) is 5.54. The molecule has 1 heterocycles. The minimum Gasteiger partial charge on any atom is -0.508 e.